The fourth-order valence-corrected chi connectivity index (χ4v) is 7.41. The zero-order valence-electron chi connectivity index (χ0n) is 25.3. The van der Waals surface area contributed by atoms with Gasteiger partial charge in [-0.1, -0.05) is 0 Å². The number of hydrogen-bond donors (Lipinski definition) is 2. The molecule has 3 N–H and O–H groups in total. The molecule has 0 amide bonds. The van der Waals surface area contributed by atoms with Crippen molar-refractivity contribution in [1.29, 1.82) is 0 Å². The van der Waals surface area contributed by atoms with Gasteiger partial charge in [0, 0.05) is 44.2 Å². The molecule has 8 rings (SSSR count). The van der Waals surface area contributed by atoms with Crippen molar-refractivity contribution in [2.75, 3.05) is 56.6 Å². The van der Waals surface area contributed by atoms with E-state index in [1.807, 2.05) is 4.90 Å². The lowest BCUT2D eigenvalue weighted by Crippen LogP contribution is -2.56. The summed E-state index contributed by atoms with van der Waals surface area (Å²) in [5.41, 5.74) is 0.958. The minimum absolute atomic E-state index is 0.0757. The molecule has 3 aromatic heterocycles. The molecule has 46 heavy (non-hydrogen) atoms. The van der Waals surface area contributed by atoms with Crippen LogP contribution in [0.3, 0.4) is 0 Å². The van der Waals surface area contributed by atoms with Crippen LogP contribution in [0.25, 0.3) is 22.2 Å². The third kappa shape index (κ3) is 4.78. The number of pyridine rings is 2. The predicted molar refractivity (Wildman–Crippen MR) is 156 cm³/mol. The zero-order valence-corrected chi connectivity index (χ0v) is 25.3. The van der Waals surface area contributed by atoms with E-state index >= 15 is 8.78 Å². The molecule has 4 atom stereocenters. The summed E-state index contributed by atoms with van der Waals surface area (Å²) in [4.78, 5) is 21.2. The molecule has 0 aromatic carbocycles. The van der Waals surface area contributed by atoms with Crippen molar-refractivity contribution in [3.05, 3.63) is 22.9 Å². The summed E-state index contributed by atoms with van der Waals surface area (Å²) in [6.45, 7) is 7.12. The van der Waals surface area contributed by atoms with E-state index in [0.29, 0.717) is 31.5 Å². The Kier molecular flexibility index (Phi) is 6.75. The molecular weight excluding hydrogens is 615 g/mol. The van der Waals surface area contributed by atoms with Crippen molar-refractivity contribution < 1.29 is 36.2 Å². The second-order valence-corrected chi connectivity index (χ2v) is 13.1. The smallest absolute Gasteiger partial charge is 0.418 e. The van der Waals surface area contributed by atoms with Gasteiger partial charge in [-0.05, 0) is 33.1 Å². The minimum atomic E-state index is -5.09. The van der Waals surface area contributed by atoms with Crippen LogP contribution in [-0.2, 0) is 10.9 Å². The first kappa shape index (κ1) is 29.8. The second-order valence-electron chi connectivity index (χ2n) is 13.1. The number of ether oxygens (including phenoxy) is 3. The molecular formula is C30H33F5N8O3. The number of aromatic nitrogens is 4. The molecule has 0 spiro atoms. The molecule has 16 heteroatoms. The number of halogens is 5. The monoisotopic (exact) mass is 648 g/mol. The number of nitrogen functional groups attached to an aromatic ring is 1. The summed E-state index contributed by atoms with van der Waals surface area (Å²) in [5.74, 6) is -3.54. The van der Waals surface area contributed by atoms with Crippen LogP contribution >= 0.6 is 0 Å². The summed E-state index contributed by atoms with van der Waals surface area (Å²) >= 11 is 0. The Hall–Kier alpha value is -3.63. The maximum Gasteiger partial charge on any atom is 0.418 e. The molecule has 0 radical (unpaired) electrons. The third-order valence-corrected chi connectivity index (χ3v) is 9.99. The molecule has 11 nitrogen and oxygen atoms in total. The molecule has 5 aliphatic rings. The third-order valence-electron chi connectivity index (χ3n) is 9.99. The number of nitrogens with two attached hydrogens (primary N) is 1. The van der Waals surface area contributed by atoms with Gasteiger partial charge < -0.3 is 30.2 Å². The summed E-state index contributed by atoms with van der Waals surface area (Å²) in [6, 6.07) is -0.00868. The highest BCUT2D eigenvalue weighted by atomic mass is 19.4. The van der Waals surface area contributed by atoms with Crippen LogP contribution in [0, 0.1) is 24.0 Å². The maximum atomic E-state index is 16.7. The highest BCUT2D eigenvalue weighted by Gasteiger charge is 2.50. The molecule has 4 fully saturated rings. The van der Waals surface area contributed by atoms with Crippen LogP contribution in [0.5, 0.6) is 11.9 Å². The summed E-state index contributed by atoms with van der Waals surface area (Å²) in [5, 5.41) is 3.38. The van der Waals surface area contributed by atoms with Gasteiger partial charge in [-0.3, -0.25) is 4.90 Å². The molecule has 3 aromatic rings. The highest BCUT2D eigenvalue weighted by molar-refractivity contribution is 5.97. The average Bonchev–Trinajstić information content (AvgIpc) is 3.49. The van der Waals surface area contributed by atoms with E-state index < -0.39 is 52.2 Å². The standard InChI is InChI=1S/C30H33F5N8O3/c1-13-20(30(33,34)35)18(21(31)25(36)38-13)23-22(32)24-19-26(43-6-5-37-8-17(43)14(2)46-27(19)39-23)41-28(40-24)45-12-29(3-4-29)11-42-9-16-7-15(42)10-44-16/h14-17,37H,3-12H2,1-2H3,(H2,36,38)/t14-,15-,16-,17-/m0/s1. The van der Waals surface area contributed by atoms with Crippen molar-refractivity contribution in [3.8, 4) is 23.1 Å². The number of piperazine rings is 1. The summed E-state index contributed by atoms with van der Waals surface area (Å²) < 4.78 is 93.2. The molecule has 1 saturated carbocycles. The van der Waals surface area contributed by atoms with Crippen LogP contribution < -0.4 is 25.4 Å². The number of rotatable bonds is 6. The van der Waals surface area contributed by atoms with E-state index in [-0.39, 0.29) is 47.0 Å². The topological polar surface area (TPSA) is 124 Å². The molecule has 7 heterocycles. The van der Waals surface area contributed by atoms with Crippen LogP contribution in [0.15, 0.2) is 0 Å². The Morgan fingerprint density at radius 3 is 2.63 bits per heavy atom. The van der Waals surface area contributed by atoms with Crippen LogP contribution in [0.4, 0.5) is 33.6 Å². The summed E-state index contributed by atoms with van der Waals surface area (Å²) in [7, 11) is 0. The van der Waals surface area contributed by atoms with Crippen LogP contribution in [0.2, 0.25) is 0 Å². The normalized spacial score (nSPS) is 26.6. The molecule has 4 aliphatic heterocycles. The Balaban J connectivity index is 1.25. The number of likely N-dealkylation sites (tertiary alicyclic amines) is 1. The molecule has 0 unspecified atom stereocenters. The Morgan fingerprint density at radius 2 is 1.93 bits per heavy atom. The van der Waals surface area contributed by atoms with Crippen molar-refractivity contribution in [1.82, 2.24) is 30.2 Å². The predicted octanol–water partition coefficient (Wildman–Crippen LogP) is 3.47. The van der Waals surface area contributed by atoms with Crippen molar-refractivity contribution in [2.45, 2.75) is 63.6 Å². The lowest BCUT2D eigenvalue weighted by Gasteiger charge is -2.38. The van der Waals surface area contributed by atoms with E-state index in [9.17, 15) is 13.2 Å². The number of morpholine rings is 1. The van der Waals surface area contributed by atoms with Gasteiger partial charge >= 0.3 is 12.2 Å². The van der Waals surface area contributed by atoms with E-state index in [4.69, 9.17) is 24.9 Å². The number of hydrogen-bond acceptors (Lipinski definition) is 11. The van der Waals surface area contributed by atoms with Gasteiger partial charge in [0.15, 0.2) is 17.5 Å². The fourth-order valence-electron chi connectivity index (χ4n) is 7.41. The Bertz CT molecular complexity index is 1740. The van der Waals surface area contributed by atoms with Crippen molar-refractivity contribution >= 4 is 22.5 Å². The average molecular weight is 649 g/mol. The molecule has 3 saturated heterocycles. The van der Waals surface area contributed by atoms with Gasteiger partial charge in [-0.2, -0.15) is 23.1 Å². The fraction of sp³-hybridized carbons (Fsp3) is 0.600. The molecule has 2 bridgehead atoms. The number of nitrogens with zero attached hydrogens (tertiary/aromatic N) is 6. The molecule has 246 valence electrons. The molecule has 1 aliphatic carbocycles. The first-order chi connectivity index (χ1) is 21.9. The van der Waals surface area contributed by atoms with Gasteiger partial charge in [0.2, 0.25) is 5.88 Å². The van der Waals surface area contributed by atoms with E-state index in [0.717, 1.165) is 45.9 Å². The van der Waals surface area contributed by atoms with E-state index in [2.05, 4.69) is 25.2 Å². The number of alkyl halides is 3. The lowest BCUT2D eigenvalue weighted by atomic mass is 10.0. The van der Waals surface area contributed by atoms with Gasteiger partial charge in [-0.25, -0.2) is 18.7 Å². The number of anilines is 2. The number of fused-ring (bicyclic) bond motifs is 4. The number of nitrogens with one attached hydrogen (secondary N) is 1. The van der Waals surface area contributed by atoms with Gasteiger partial charge in [-0.15, -0.1) is 0 Å². The maximum absolute atomic E-state index is 16.7. The summed E-state index contributed by atoms with van der Waals surface area (Å²) in [6.07, 6.45) is -2.46. The van der Waals surface area contributed by atoms with E-state index in [1.165, 1.54) is 0 Å². The SMILES string of the molecule is Cc1nc(N)c(F)c(-c2nc3c4c(nc(OCC5(CN6C[C@@H]7C[C@H]6CO7)CC5)nc4c2F)N2CCNC[C@H]2[C@H](C)O3)c1C(F)(F)F. The lowest BCUT2D eigenvalue weighted by molar-refractivity contribution is -0.138. The van der Waals surface area contributed by atoms with Crippen LogP contribution in [0.1, 0.15) is 37.4 Å². The first-order valence-corrected chi connectivity index (χ1v) is 15.5. The largest absolute Gasteiger partial charge is 0.472 e. The Labute approximate surface area is 260 Å². The van der Waals surface area contributed by atoms with E-state index in [1.54, 1.807) is 6.92 Å². The second kappa shape index (κ2) is 10.4. The van der Waals surface area contributed by atoms with Crippen molar-refractivity contribution in [3.63, 3.8) is 0 Å². The minimum Gasteiger partial charge on any atom is -0.472 e. The number of aryl methyl sites for hydroxylation is 1. The Morgan fingerprint density at radius 1 is 1.13 bits per heavy atom. The quantitative estimate of drug-likeness (QED) is 0.382. The van der Waals surface area contributed by atoms with Gasteiger partial charge in [0.1, 0.15) is 28.5 Å². The first-order valence-electron chi connectivity index (χ1n) is 15.5. The van der Waals surface area contributed by atoms with Crippen LogP contribution in [-0.4, -0.2) is 95.1 Å². The highest BCUT2D eigenvalue weighted by Crippen LogP contribution is 2.49. The van der Waals surface area contributed by atoms with Gasteiger partial charge in [0.25, 0.3) is 0 Å². The van der Waals surface area contributed by atoms with Gasteiger partial charge in [0.05, 0.1) is 42.2 Å². The zero-order chi connectivity index (χ0) is 32.1. The van der Waals surface area contributed by atoms with Crippen molar-refractivity contribution in [2.24, 2.45) is 5.41 Å².